The molecule has 0 aliphatic carbocycles. The zero-order valence-electron chi connectivity index (χ0n) is 8.22. The van der Waals surface area contributed by atoms with Gasteiger partial charge in [0.15, 0.2) is 0 Å². The van der Waals surface area contributed by atoms with Crippen LogP contribution in [0.3, 0.4) is 0 Å². The Bertz CT molecular complexity index is 93.8. The van der Waals surface area contributed by atoms with Gasteiger partial charge in [-0.2, -0.15) is 0 Å². The van der Waals surface area contributed by atoms with E-state index in [2.05, 4.69) is 13.9 Å². The molecule has 1 nitrogen and oxygen atoms in total. The van der Waals surface area contributed by atoms with Crippen molar-refractivity contribution in [2.24, 2.45) is 0 Å². The van der Waals surface area contributed by atoms with E-state index in [0.717, 1.165) is 19.6 Å². The van der Waals surface area contributed by atoms with Crippen molar-refractivity contribution in [3.63, 3.8) is 0 Å². The van der Waals surface area contributed by atoms with E-state index in [4.69, 9.17) is 4.74 Å². The molecular formula is C10H20BO. The molecule has 0 aliphatic rings. The van der Waals surface area contributed by atoms with Crippen LogP contribution < -0.4 is 0 Å². The van der Waals surface area contributed by atoms with Crippen LogP contribution in [0.1, 0.15) is 26.2 Å². The number of rotatable bonds is 9. The first-order valence-electron chi connectivity index (χ1n) is 4.92. The summed E-state index contributed by atoms with van der Waals surface area (Å²) in [6, 6.07) is 0. The highest BCUT2D eigenvalue weighted by atomic mass is 16.5. The maximum Gasteiger partial charge on any atom is 0.109 e. The van der Waals surface area contributed by atoms with Crippen molar-refractivity contribution in [2.75, 3.05) is 13.2 Å². The summed E-state index contributed by atoms with van der Waals surface area (Å²) in [5.41, 5.74) is 0. The minimum atomic E-state index is 0.847. The van der Waals surface area contributed by atoms with Gasteiger partial charge in [0, 0.05) is 13.2 Å². The van der Waals surface area contributed by atoms with E-state index in [0.29, 0.717) is 0 Å². The smallest absolute Gasteiger partial charge is 0.109 e. The molecule has 0 saturated heterocycles. The zero-order chi connectivity index (χ0) is 9.07. The molecule has 0 unspecified atom stereocenters. The normalized spacial score (nSPS) is 9.75. The molecule has 0 aromatic rings. The largest absolute Gasteiger partial charge is 0.382 e. The van der Waals surface area contributed by atoms with Crippen molar-refractivity contribution < 1.29 is 4.74 Å². The summed E-state index contributed by atoms with van der Waals surface area (Å²) in [6.45, 7) is 7.49. The summed E-state index contributed by atoms with van der Waals surface area (Å²) in [7, 11) is 2.34. The van der Waals surface area contributed by atoms with Gasteiger partial charge in [0.1, 0.15) is 7.28 Å². The third-order valence-corrected chi connectivity index (χ3v) is 1.73. The van der Waals surface area contributed by atoms with Gasteiger partial charge in [-0.15, -0.1) is 6.58 Å². The number of hydrogen-bond donors (Lipinski definition) is 0. The second-order valence-corrected chi connectivity index (χ2v) is 2.85. The Morgan fingerprint density at radius 3 is 2.83 bits per heavy atom. The summed E-state index contributed by atoms with van der Waals surface area (Å²) in [6.07, 6.45) is 7.94. The maximum atomic E-state index is 5.23. The standard InChI is InChI=1S/C10H20BO/c1-3-5-8-11-9-6-7-10-12-4-2/h3H,1,4-10H2,2H3. The Hall–Kier alpha value is -0.235. The predicted octanol–water partition coefficient (Wildman–Crippen LogP) is 2.92. The van der Waals surface area contributed by atoms with E-state index < -0.39 is 0 Å². The summed E-state index contributed by atoms with van der Waals surface area (Å²) in [5.74, 6) is 0. The van der Waals surface area contributed by atoms with Crippen LogP contribution in [0.15, 0.2) is 12.7 Å². The minimum absolute atomic E-state index is 0.847. The Kier molecular flexibility index (Phi) is 10.6. The van der Waals surface area contributed by atoms with Crippen LogP contribution in [0, 0.1) is 0 Å². The summed E-state index contributed by atoms with van der Waals surface area (Å²) < 4.78 is 5.23. The van der Waals surface area contributed by atoms with E-state index in [1.54, 1.807) is 0 Å². The van der Waals surface area contributed by atoms with Crippen LogP contribution in [-0.4, -0.2) is 20.5 Å². The lowest BCUT2D eigenvalue weighted by molar-refractivity contribution is 0.144. The molecule has 0 atom stereocenters. The molecule has 0 amide bonds. The first-order valence-corrected chi connectivity index (χ1v) is 4.92. The maximum absolute atomic E-state index is 5.23. The van der Waals surface area contributed by atoms with E-state index in [9.17, 15) is 0 Å². The third kappa shape index (κ3) is 9.76. The molecule has 0 spiro atoms. The zero-order valence-corrected chi connectivity index (χ0v) is 8.22. The van der Waals surface area contributed by atoms with Gasteiger partial charge in [0.2, 0.25) is 0 Å². The molecule has 12 heavy (non-hydrogen) atoms. The Labute approximate surface area is 77.4 Å². The number of ether oxygens (including phenoxy) is 1. The van der Waals surface area contributed by atoms with Crippen LogP contribution in [0.2, 0.25) is 12.6 Å². The average Bonchev–Trinajstić information content (AvgIpc) is 2.10. The molecule has 69 valence electrons. The second kappa shape index (κ2) is 10.8. The van der Waals surface area contributed by atoms with Gasteiger partial charge in [0.05, 0.1) is 0 Å². The van der Waals surface area contributed by atoms with E-state index in [1.807, 2.05) is 13.0 Å². The summed E-state index contributed by atoms with van der Waals surface area (Å²) >= 11 is 0. The molecule has 0 N–H and O–H groups in total. The molecular weight excluding hydrogens is 147 g/mol. The SMILES string of the molecule is C=CCC[B]CCCCOCC. The average molecular weight is 167 g/mol. The fourth-order valence-electron chi connectivity index (χ4n) is 1.02. The van der Waals surface area contributed by atoms with Gasteiger partial charge in [-0.05, 0) is 19.8 Å². The highest BCUT2D eigenvalue weighted by molar-refractivity contribution is 6.35. The van der Waals surface area contributed by atoms with E-state index >= 15 is 0 Å². The molecule has 0 aromatic carbocycles. The quantitative estimate of drug-likeness (QED) is 0.291. The second-order valence-electron chi connectivity index (χ2n) is 2.85. The summed E-state index contributed by atoms with van der Waals surface area (Å²) in [5, 5.41) is 0. The predicted molar refractivity (Wildman–Crippen MR) is 55.9 cm³/mol. The first kappa shape index (κ1) is 11.8. The van der Waals surface area contributed by atoms with Gasteiger partial charge in [-0.1, -0.05) is 25.1 Å². The van der Waals surface area contributed by atoms with Crippen LogP contribution >= 0.6 is 0 Å². The highest BCUT2D eigenvalue weighted by Gasteiger charge is 1.90. The fourth-order valence-corrected chi connectivity index (χ4v) is 1.02. The van der Waals surface area contributed by atoms with Crippen molar-refractivity contribution in [2.45, 2.75) is 38.8 Å². The lowest BCUT2D eigenvalue weighted by atomic mass is 9.69. The molecule has 0 fully saturated rings. The Morgan fingerprint density at radius 1 is 1.33 bits per heavy atom. The van der Waals surface area contributed by atoms with Crippen LogP contribution in [0.5, 0.6) is 0 Å². The Morgan fingerprint density at radius 2 is 2.17 bits per heavy atom. The van der Waals surface area contributed by atoms with Gasteiger partial charge in [0.25, 0.3) is 0 Å². The molecule has 0 aliphatic heterocycles. The van der Waals surface area contributed by atoms with Crippen molar-refractivity contribution in [3.8, 4) is 0 Å². The van der Waals surface area contributed by atoms with Gasteiger partial charge in [-0.25, -0.2) is 0 Å². The third-order valence-electron chi connectivity index (χ3n) is 1.73. The van der Waals surface area contributed by atoms with Crippen LogP contribution in [0.25, 0.3) is 0 Å². The Balaban J connectivity index is 2.77. The number of hydrogen-bond acceptors (Lipinski definition) is 1. The van der Waals surface area contributed by atoms with Crippen LogP contribution in [0.4, 0.5) is 0 Å². The minimum Gasteiger partial charge on any atom is -0.382 e. The molecule has 0 heterocycles. The highest BCUT2D eigenvalue weighted by Crippen LogP contribution is 1.99. The van der Waals surface area contributed by atoms with Crippen molar-refractivity contribution >= 4 is 7.28 Å². The lowest BCUT2D eigenvalue weighted by Crippen LogP contribution is -1.95. The van der Waals surface area contributed by atoms with Gasteiger partial charge >= 0.3 is 0 Å². The van der Waals surface area contributed by atoms with E-state index in [-0.39, 0.29) is 0 Å². The molecule has 0 saturated carbocycles. The molecule has 0 bridgehead atoms. The van der Waals surface area contributed by atoms with E-state index in [1.165, 1.54) is 25.5 Å². The van der Waals surface area contributed by atoms with Crippen LogP contribution in [-0.2, 0) is 4.74 Å². The molecule has 2 heteroatoms. The summed E-state index contributed by atoms with van der Waals surface area (Å²) in [4.78, 5) is 0. The monoisotopic (exact) mass is 167 g/mol. The van der Waals surface area contributed by atoms with Crippen molar-refractivity contribution in [1.29, 1.82) is 0 Å². The molecule has 1 radical (unpaired) electrons. The first-order chi connectivity index (χ1) is 5.91. The van der Waals surface area contributed by atoms with Gasteiger partial charge < -0.3 is 4.74 Å². The molecule has 0 aromatic heterocycles. The van der Waals surface area contributed by atoms with Gasteiger partial charge in [-0.3, -0.25) is 0 Å². The molecule has 0 rings (SSSR count). The number of allylic oxidation sites excluding steroid dienone is 1. The lowest BCUT2D eigenvalue weighted by Gasteiger charge is -1.99. The fraction of sp³-hybridized carbons (Fsp3) is 0.800. The van der Waals surface area contributed by atoms with Crippen molar-refractivity contribution in [1.82, 2.24) is 0 Å². The van der Waals surface area contributed by atoms with Crippen molar-refractivity contribution in [3.05, 3.63) is 12.7 Å². The topological polar surface area (TPSA) is 9.23 Å². The number of unbranched alkanes of at least 4 members (excludes halogenated alkanes) is 1.